The molecule has 5 heteroatoms. The van der Waals surface area contributed by atoms with E-state index < -0.39 is 10.1 Å². The van der Waals surface area contributed by atoms with Crippen molar-refractivity contribution in [2.24, 2.45) is 0 Å². The van der Waals surface area contributed by atoms with Gasteiger partial charge >= 0.3 is 0 Å². The number of rotatable bonds is 5. The molecule has 0 aliphatic carbocycles. The first kappa shape index (κ1) is 12.7. The first-order chi connectivity index (χ1) is 7.54. The number of benzene rings is 1. The molecule has 0 heterocycles. The Morgan fingerprint density at radius 1 is 1.31 bits per heavy atom. The molecule has 0 saturated heterocycles. The summed E-state index contributed by atoms with van der Waals surface area (Å²) >= 11 is 0. The Bertz CT molecular complexity index is 445. The summed E-state index contributed by atoms with van der Waals surface area (Å²) in [5.41, 5.74) is 0. The molecule has 0 aliphatic heterocycles. The lowest BCUT2D eigenvalue weighted by Gasteiger charge is -2.01. The standard InChI is InChI=1S/C11H14O4S/c1-2-3-4-9-15-10-5-7-11(8-6-10)16(12,13)14/h4-9H,2-3H2,1H3,(H,12,13,14). The van der Waals surface area contributed by atoms with Crippen LogP contribution in [0.5, 0.6) is 5.75 Å². The van der Waals surface area contributed by atoms with Crippen LogP contribution in [0.25, 0.3) is 0 Å². The Hall–Kier alpha value is -1.33. The highest BCUT2D eigenvalue weighted by molar-refractivity contribution is 7.85. The SMILES string of the molecule is CCCC=COc1ccc(S(=O)(=O)O)cc1. The fourth-order valence-corrected chi connectivity index (χ4v) is 1.53. The molecular formula is C11H14O4S. The molecule has 1 rings (SSSR count). The smallest absolute Gasteiger partial charge is 0.294 e. The fourth-order valence-electron chi connectivity index (χ4n) is 1.05. The van der Waals surface area contributed by atoms with Gasteiger partial charge in [0.15, 0.2) is 0 Å². The molecule has 0 aromatic heterocycles. The van der Waals surface area contributed by atoms with Crippen molar-refractivity contribution in [2.45, 2.75) is 24.7 Å². The van der Waals surface area contributed by atoms with Crippen molar-refractivity contribution in [2.75, 3.05) is 0 Å². The van der Waals surface area contributed by atoms with Gasteiger partial charge in [-0.05, 0) is 36.8 Å². The highest BCUT2D eigenvalue weighted by Crippen LogP contribution is 2.15. The fraction of sp³-hybridized carbons (Fsp3) is 0.273. The van der Waals surface area contributed by atoms with Crippen molar-refractivity contribution in [1.29, 1.82) is 0 Å². The highest BCUT2D eigenvalue weighted by Gasteiger charge is 2.08. The summed E-state index contributed by atoms with van der Waals surface area (Å²) in [5, 5.41) is 0. The maximum atomic E-state index is 10.7. The van der Waals surface area contributed by atoms with Crippen LogP contribution in [0.1, 0.15) is 19.8 Å². The number of unbranched alkanes of at least 4 members (excludes halogenated alkanes) is 1. The lowest BCUT2D eigenvalue weighted by atomic mass is 10.3. The summed E-state index contributed by atoms with van der Waals surface area (Å²) < 4.78 is 35.5. The molecule has 16 heavy (non-hydrogen) atoms. The minimum atomic E-state index is -4.12. The van der Waals surface area contributed by atoms with Crippen LogP contribution in [-0.4, -0.2) is 13.0 Å². The van der Waals surface area contributed by atoms with Crippen molar-refractivity contribution >= 4 is 10.1 Å². The van der Waals surface area contributed by atoms with E-state index in [4.69, 9.17) is 9.29 Å². The molecule has 88 valence electrons. The van der Waals surface area contributed by atoms with E-state index in [1.54, 1.807) is 6.26 Å². The summed E-state index contributed by atoms with van der Waals surface area (Å²) in [4.78, 5) is -0.141. The predicted molar refractivity (Wildman–Crippen MR) is 60.9 cm³/mol. The molecular weight excluding hydrogens is 228 g/mol. The van der Waals surface area contributed by atoms with Gasteiger partial charge in [-0.15, -0.1) is 0 Å². The maximum Gasteiger partial charge on any atom is 0.294 e. The molecule has 0 aliphatic rings. The van der Waals surface area contributed by atoms with Gasteiger partial charge in [0.25, 0.3) is 10.1 Å². The molecule has 0 saturated carbocycles. The van der Waals surface area contributed by atoms with E-state index in [1.165, 1.54) is 24.3 Å². The van der Waals surface area contributed by atoms with Crippen molar-refractivity contribution < 1.29 is 17.7 Å². The molecule has 0 radical (unpaired) electrons. The zero-order chi connectivity index (χ0) is 12.0. The first-order valence-electron chi connectivity index (χ1n) is 4.93. The van der Waals surface area contributed by atoms with Crippen LogP contribution in [0.2, 0.25) is 0 Å². The predicted octanol–water partition coefficient (Wildman–Crippen LogP) is 2.63. The average molecular weight is 242 g/mol. The second-order valence-electron chi connectivity index (χ2n) is 3.22. The molecule has 4 nitrogen and oxygen atoms in total. The van der Waals surface area contributed by atoms with Crippen LogP contribution in [0.15, 0.2) is 41.5 Å². The first-order valence-corrected chi connectivity index (χ1v) is 6.37. The molecule has 0 spiro atoms. The Morgan fingerprint density at radius 2 is 1.94 bits per heavy atom. The number of ether oxygens (including phenoxy) is 1. The van der Waals surface area contributed by atoms with Crippen LogP contribution in [0.3, 0.4) is 0 Å². The molecule has 0 atom stereocenters. The van der Waals surface area contributed by atoms with Gasteiger partial charge in [0.2, 0.25) is 0 Å². The molecule has 0 unspecified atom stereocenters. The van der Waals surface area contributed by atoms with Gasteiger partial charge in [0.1, 0.15) is 5.75 Å². The van der Waals surface area contributed by atoms with Crippen molar-refractivity contribution in [3.63, 3.8) is 0 Å². The van der Waals surface area contributed by atoms with Gasteiger partial charge in [-0.25, -0.2) is 0 Å². The summed E-state index contributed by atoms with van der Waals surface area (Å²) in [5.74, 6) is 0.528. The number of hydrogen-bond donors (Lipinski definition) is 1. The summed E-state index contributed by atoms with van der Waals surface area (Å²) in [6, 6.07) is 5.55. The zero-order valence-corrected chi connectivity index (χ0v) is 9.78. The third-order valence-electron chi connectivity index (χ3n) is 1.88. The topological polar surface area (TPSA) is 63.6 Å². The lowest BCUT2D eigenvalue weighted by molar-refractivity contribution is 0.475. The van der Waals surface area contributed by atoms with Crippen molar-refractivity contribution in [1.82, 2.24) is 0 Å². The molecule has 0 bridgehead atoms. The number of allylic oxidation sites excluding steroid dienone is 1. The van der Waals surface area contributed by atoms with Gasteiger partial charge in [-0.1, -0.05) is 13.3 Å². The second-order valence-corrected chi connectivity index (χ2v) is 4.65. The third kappa shape index (κ3) is 4.04. The Balaban J connectivity index is 2.66. The summed E-state index contributed by atoms with van der Waals surface area (Å²) in [6.45, 7) is 2.06. The minimum absolute atomic E-state index is 0.141. The lowest BCUT2D eigenvalue weighted by Crippen LogP contribution is -1.97. The van der Waals surface area contributed by atoms with E-state index in [1.807, 2.05) is 6.08 Å². The van der Waals surface area contributed by atoms with E-state index in [9.17, 15) is 8.42 Å². The van der Waals surface area contributed by atoms with Crippen LogP contribution in [-0.2, 0) is 10.1 Å². The second kappa shape index (κ2) is 5.67. The minimum Gasteiger partial charge on any atom is -0.465 e. The highest BCUT2D eigenvalue weighted by atomic mass is 32.2. The van der Waals surface area contributed by atoms with Crippen LogP contribution >= 0.6 is 0 Å². The number of hydrogen-bond acceptors (Lipinski definition) is 3. The van der Waals surface area contributed by atoms with E-state index in [2.05, 4.69) is 6.92 Å². The average Bonchev–Trinajstić information content (AvgIpc) is 2.24. The van der Waals surface area contributed by atoms with Gasteiger partial charge in [-0.2, -0.15) is 8.42 Å². The van der Waals surface area contributed by atoms with Crippen LogP contribution in [0.4, 0.5) is 0 Å². The Kier molecular flexibility index (Phi) is 4.52. The van der Waals surface area contributed by atoms with Crippen LogP contribution in [0, 0.1) is 0 Å². The van der Waals surface area contributed by atoms with Gasteiger partial charge in [-0.3, -0.25) is 4.55 Å². The largest absolute Gasteiger partial charge is 0.465 e. The summed E-state index contributed by atoms with van der Waals surface area (Å²) in [6.07, 6.45) is 5.42. The molecule has 1 aromatic rings. The summed E-state index contributed by atoms with van der Waals surface area (Å²) in [7, 11) is -4.12. The maximum absolute atomic E-state index is 10.7. The van der Waals surface area contributed by atoms with Crippen molar-refractivity contribution in [3.05, 3.63) is 36.6 Å². The third-order valence-corrected chi connectivity index (χ3v) is 2.75. The van der Waals surface area contributed by atoms with E-state index in [0.29, 0.717) is 5.75 Å². The quantitative estimate of drug-likeness (QED) is 0.636. The Labute approximate surface area is 95.3 Å². The van der Waals surface area contributed by atoms with Crippen LogP contribution < -0.4 is 4.74 Å². The van der Waals surface area contributed by atoms with Crippen molar-refractivity contribution in [3.8, 4) is 5.75 Å². The van der Waals surface area contributed by atoms with Gasteiger partial charge < -0.3 is 4.74 Å². The molecule has 1 aromatic carbocycles. The van der Waals surface area contributed by atoms with Gasteiger partial charge in [0, 0.05) is 0 Å². The zero-order valence-electron chi connectivity index (χ0n) is 8.96. The molecule has 0 fully saturated rings. The van der Waals surface area contributed by atoms with Gasteiger partial charge in [0.05, 0.1) is 11.2 Å². The van der Waals surface area contributed by atoms with E-state index in [0.717, 1.165) is 12.8 Å². The Morgan fingerprint density at radius 3 is 2.44 bits per heavy atom. The monoisotopic (exact) mass is 242 g/mol. The molecule has 0 amide bonds. The van der Waals surface area contributed by atoms with E-state index in [-0.39, 0.29) is 4.90 Å². The normalized spacial score (nSPS) is 11.9. The molecule has 1 N–H and O–H groups in total. The van der Waals surface area contributed by atoms with E-state index >= 15 is 0 Å².